The molecule has 1 aliphatic heterocycles. The molecule has 0 N–H and O–H groups in total. The Balaban J connectivity index is 1.41. The van der Waals surface area contributed by atoms with Gasteiger partial charge in [0.25, 0.3) is 0 Å². The third-order valence-electron chi connectivity index (χ3n) is 4.87. The molecule has 0 unspecified atom stereocenters. The van der Waals surface area contributed by atoms with Crippen LogP contribution in [0.15, 0.2) is 18.7 Å². The summed E-state index contributed by atoms with van der Waals surface area (Å²) in [5.74, 6) is 0.736. The van der Waals surface area contributed by atoms with E-state index in [0.717, 1.165) is 52.1 Å². The summed E-state index contributed by atoms with van der Waals surface area (Å²) >= 11 is 0. The van der Waals surface area contributed by atoms with Gasteiger partial charge in [0.15, 0.2) is 0 Å². The number of carbonyl (C=O) groups is 1. The number of aromatic nitrogens is 2. The number of hydrogen-bond donors (Lipinski definition) is 0. The second-order valence-corrected chi connectivity index (χ2v) is 6.30. The molecular weight excluding hydrogens is 264 g/mol. The molecular formula is C16H26N4O. The predicted molar refractivity (Wildman–Crippen MR) is 81.8 cm³/mol. The Hall–Kier alpha value is -1.36. The second-order valence-electron chi connectivity index (χ2n) is 6.30. The van der Waals surface area contributed by atoms with E-state index in [-0.39, 0.29) is 0 Å². The van der Waals surface area contributed by atoms with Gasteiger partial charge < -0.3 is 9.47 Å². The number of carbonyl (C=O) groups excluding carboxylic acids is 1. The van der Waals surface area contributed by atoms with Crippen molar-refractivity contribution < 1.29 is 4.79 Å². The molecule has 1 aliphatic carbocycles. The molecule has 1 amide bonds. The standard InChI is InChI=1S/C16H26N4O/c21-16(15-4-2-1-3-5-15)20-12-10-18(11-13-20)8-9-19-7-6-17-14-19/h6-7,14-15H,1-5,8-13H2. The third kappa shape index (κ3) is 3.84. The Morgan fingerprint density at radius 3 is 2.48 bits per heavy atom. The fourth-order valence-corrected chi connectivity index (χ4v) is 3.48. The van der Waals surface area contributed by atoms with Crippen LogP contribution in [0.25, 0.3) is 0 Å². The minimum absolute atomic E-state index is 0.316. The molecule has 0 bridgehead atoms. The molecule has 5 nitrogen and oxygen atoms in total. The molecule has 1 aromatic heterocycles. The van der Waals surface area contributed by atoms with Crippen LogP contribution in [-0.4, -0.2) is 58.0 Å². The maximum absolute atomic E-state index is 12.5. The van der Waals surface area contributed by atoms with Crippen LogP contribution in [0.2, 0.25) is 0 Å². The lowest BCUT2D eigenvalue weighted by atomic mass is 9.88. The summed E-state index contributed by atoms with van der Waals surface area (Å²) in [4.78, 5) is 21.1. The number of nitrogens with zero attached hydrogens (tertiary/aromatic N) is 4. The van der Waals surface area contributed by atoms with Crippen molar-refractivity contribution in [1.82, 2.24) is 19.4 Å². The fraction of sp³-hybridized carbons (Fsp3) is 0.750. The highest BCUT2D eigenvalue weighted by Crippen LogP contribution is 2.25. The zero-order valence-electron chi connectivity index (χ0n) is 12.8. The highest BCUT2D eigenvalue weighted by Gasteiger charge is 2.28. The largest absolute Gasteiger partial charge is 0.340 e. The van der Waals surface area contributed by atoms with Crippen LogP contribution in [-0.2, 0) is 11.3 Å². The van der Waals surface area contributed by atoms with Crippen LogP contribution in [0.3, 0.4) is 0 Å². The van der Waals surface area contributed by atoms with E-state index in [2.05, 4.69) is 19.4 Å². The van der Waals surface area contributed by atoms with Crippen molar-refractivity contribution in [2.24, 2.45) is 5.92 Å². The Bertz CT molecular complexity index is 431. The molecule has 0 radical (unpaired) electrons. The van der Waals surface area contributed by atoms with Crippen LogP contribution in [0.1, 0.15) is 32.1 Å². The molecule has 1 saturated heterocycles. The minimum atomic E-state index is 0.316. The maximum Gasteiger partial charge on any atom is 0.225 e. The van der Waals surface area contributed by atoms with Crippen molar-refractivity contribution in [3.63, 3.8) is 0 Å². The van der Waals surface area contributed by atoms with Crippen molar-refractivity contribution in [3.05, 3.63) is 18.7 Å². The number of hydrogen-bond acceptors (Lipinski definition) is 3. The van der Waals surface area contributed by atoms with E-state index in [0.29, 0.717) is 11.8 Å². The quantitative estimate of drug-likeness (QED) is 0.846. The number of imidazole rings is 1. The summed E-state index contributed by atoms with van der Waals surface area (Å²) in [6.45, 7) is 5.84. The highest BCUT2D eigenvalue weighted by atomic mass is 16.2. The van der Waals surface area contributed by atoms with Crippen molar-refractivity contribution >= 4 is 5.91 Å². The smallest absolute Gasteiger partial charge is 0.225 e. The molecule has 3 rings (SSSR count). The molecule has 0 atom stereocenters. The van der Waals surface area contributed by atoms with E-state index in [1.807, 2.05) is 18.7 Å². The summed E-state index contributed by atoms with van der Waals surface area (Å²) in [7, 11) is 0. The van der Waals surface area contributed by atoms with E-state index >= 15 is 0 Å². The van der Waals surface area contributed by atoms with Crippen molar-refractivity contribution in [2.45, 2.75) is 38.6 Å². The zero-order valence-corrected chi connectivity index (χ0v) is 12.8. The van der Waals surface area contributed by atoms with Gasteiger partial charge in [-0.2, -0.15) is 0 Å². The first-order chi connectivity index (χ1) is 10.3. The summed E-state index contributed by atoms with van der Waals surface area (Å²) in [6, 6.07) is 0. The summed E-state index contributed by atoms with van der Waals surface area (Å²) in [5.41, 5.74) is 0. The maximum atomic E-state index is 12.5. The van der Waals surface area contributed by atoms with Crippen LogP contribution >= 0.6 is 0 Å². The topological polar surface area (TPSA) is 41.4 Å². The molecule has 116 valence electrons. The van der Waals surface area contributed by atoms with Crippen molar-refractivity contribution in [3.8, 4) is 0 Å². The lowest BCUT2D eigenvalue weighted by Gasteiger charge is -2.37. The molecule has 1 aromatic rings. The fourth-order valence-electron chi connectivity index (χ4n) is 3.48. The Kier molecular flexibility index (Phi) is 4.91. The summed E-state index contributed by atoms with van der Waals surface area (Å²) in [6.07, 6.45) is 11.7. The van der Waals surface area contributed by atoms with Crippen LogP contribution in [0, 0.1) is 5.92 Å². The van der Waals surface area contributed by atoms with Crippen LogP contribution in [0.5, 0.6) is 0 Å². The van der Waals surface area contributed by atoms with E-state index in [1.54, 1.807) is 0 Å². The van der Waals surface area contributed by atoms with Gasteiger partial charge in [0, 0.05) is 57.6 Å². The van der Waals surface area contributed by atoms with E-state index in [1.165, 1.54) is 19.3 Å². The summed E-state index contributed by atoms with van der Waals surface area (Å²) < 4.78 is 2.11. The molecule has 2 heterocycles. The minimum Gasteiger partial charge on any atom is -0.340 e. The molecule has 0 spiro atoms. The van der Waals surface area contributed by atoms with Gasteiger partial charge in [0.2, 0.25) is 5.91 Å². The molecule has 2 aliphatic rings. The van der Waals surface area contributed by atoms with Gasteiger partial charge in [-0.25, -0.2) is 4.98 Å². The first-order valence-electron chi connectivity index (χ1n) is 8.30. The molecule has 1 saturated carbocycles. The monoisotopic (exact) mass is 290 g/mol. The molecule has 2 fully saturated rings. The van der Waals surface area contributed by atoms with Gasteiger partial charge in [-0.15, -0.1) is 0 Å². The average Bonchev–Trinajstić information content (AvgIpc) is 3.07. The SMILES string of the molecule is O=C(C1CCCCC1)N1CCN(CCn2ccnc2)CC1. The average molecular weight is 290 g/mol. The number of rotatable bonds is 4. The number of piperazine rings is 1. The van der Waals surface area contributed by atoms with Gasteiger partial charge in [-0.1, -0.05) is 19.3 Å². The van der Waals surface area contributed by atoms with E-state index < -0.39 is 0 Å². The van der Waals surface area contributed by atoms with Gasteiger partial charge in [0.1, 0.15) is 0 Å². The van der Waals surface area contributed by atoms with Crippen LogP contribution in [0.4, 0.5) is 0 Å². The predicted octanol–water partition coefficient (Wildman–Crippen LogP) is 1.61. The number of amides is 1. The lowest BCUT2D eigenvalue weighted by Crippen LogP contribution is -2.51. The van der Waals surface area contributed by atoms with Gasteiger partial charge in [-0.3, -0.25) is 9.69 Å². The van der Waals surface area contributed by atoms with E-state index in [9.17, 15) is 4.79 Å². The highest BCUT2D eigenvalue weighted by molar-refractivity contribution is 5.79. The Morgan fingerprint density at radius 2 is 1.81 bits per heavy atom. The zero-order chi connectivity index (χ0) is 14.5. The first-order valence-corrected chi connectivity index (χ1v) is 8.30. The Morgan fingerprint density at radius 1 is 1.05 bits per heavy atom. The normalized spacial score (nSPS) is 21.6. The molecule has 0 aromatic carbocycles. The van der Waals surface area contributed by atoms with Gasteiger partial charge in [0.05, 0.1) is 6.33 Å². The van der Waals surface area contributed by atoms with Gasteiger partial charge >= 0.3 is 0 Å². The third-order valence-corrected chi connectivity index (χ3v) is 4.87. The molecule has 21 heavy (non-hydrogen) atoms. The second kappa shape index (κ2) is 7.07. The first kappa shape index (κ1) is 14.6. The van der Waals surface area contributed by atoms with Gasteiger partial charge in [-0.05, 0) is 12.8 Å². The van der Waals surface area contributed by atoms with E-state index in [4.69, 9.17) is 0 Å². The Labute approximate surface area is 126 Å². The lowest BCUT2D eigenvalue weighted by molar-refractivity contribution is -0.138. The van der Waals surface area contributed by atoms with Crippen molar-refractivity contribution in [1.29, 1.82) is 0 Å². The summed E-state index contributed by atoms with van der Waals surface area (Å²) in [5, 5.41) is 0. The molecule has 5 heteroatoms. The van der Waals surface area contributed by atoms with Crippen molar-refractivity contribution in [2.75, 3.05) is 32.7 Å². The van der Waals surface area contributed by atoms with Crippen LogP contribution < -0.4 is 0 Å².